The molecular formula is C14H22N2O2. The van der Waals surface area contributed by atoms with E-state index in [0.29, 0.717) is 17.9 Å². The van der Waals surface area contributed by atoms with Gasteiger partial charge in [0.05, 0.1) is 12.2 Å². The fourth-order valence-corrected chi connectivity index (χ4v) is 1.66. The molecule has 0 unspecified atom stereocenters. The lowest BCUT2D eigenvalue weighted by Gasteiger charge is -2.10. The number of nitrogens with one attached hydrogen (secondary N) is 1. The van der Waals surface area contributed by atoms with Crippen molar-refractivity contribution in [2.24, 2.45) is 0 Å². The molecule has 0 aromatic heterocycles. The minimum Gasteiger partial charge on any atom is -0.462 e. The summed E-state index contributed by atoms with van der Waals surface area (Å²) in [5.74, 6) is -0.368. The van der Waals surface area contributed by atoms with Gasteiger partial charge >= 0.3 is 5.97 Å². The molecule has 1 aromatic carbocycles. The van der Waals surface area contributed by atoms with Crippen LogP contribution in [0.25, 0.3) is 0 Å². The number of rotatable bonds is 7. The van der Waals surface area contributed by atoms with Crippen molar-refractivity contribution in [3.05, 3.63) is 23.8 Å². The third-order valence-electron chi connectivity index (χ3n) is 2.66. The number of esters is 1. The fraction of sp³-hybridized carbons (Fsp3) is 0.500. The Bertz CT molecular complexity index is 391. The number of nitrogen functional groups attached to an aromatic ring is 1. The summed E-state index contributed by atoms with van der Waals surface area (Å²) in [5.41, 5.74) is 7.55. The second kappa shape index (κ2) is 7.58. The van der Waals surface area contributed by atoms with E-state index in [1.54, 1.807) is 19.1 Å². The van der Waals surface area contributed by atoms with Gasteiger partial charge in [-0.05, 0) is 31.5 Å². The Labute approximate surface area is 109 Å². The number of hydrogen-bond donors (Lipinski definition) is 2. The van der Waals surface area contributed by atoms with Crippen molar-refractivity contribution in [2.45, 2.75) is 33.1 Å². The van der Waals surface area contributed by atoms with Crippen LogP contribution in [-0.4, -0.2) is 19.1 Å². The number of ether oxygens (including phenoxy) is 1. The fourth-order valence-electron chi connectivity index (χ4n) is 1.66. The molecule has 0 aliphatic heterocycles. The Hall–Kier alpha value is -1.71. The summed E-state index contributed by atoms with van der Waals surface area (Å²) in [6.07, 6.45) is 3.51. The monoisotopic (exact) mass is 250 g/mol. The molecule has 100 valence electrons. The summed E-state index contributed by atoms with van der Waals surface area (Å²) < 4.78 is 4.96. The van der Waals surface area contributed by atoms with Gasteiger partial charge in [-0.1, -0.05) is 19.8 Å². The smallest absolute Gasteiger partial charge is 0.340 e. The van der Waals surface area contributed by atoms with Gasteiger partial charge in [-0.15, -0.1) is 0 Å². The molecule has 0 saturated heterocycles. The Balaban J connectivity index is 2.65. The molecule has 0 aliphatic carbocycles. The molecule has 1 rings (SSSR count). The average Bonchev–Trinajstić information content (AvgIpc) is 2.36. The molecule has 0 atom stereocenters. The molecule has 0 heterocycles. The van der Waals surface area contributed by atoms with E-state index in [9.17, 15) is 4.79 Å². The van der Waals surface area contributed by atoms with Crippen molar-refractivity contribution < 1.29 is 9.53 Å². The first-order chi connectivity index (χ1) is 8.69. The van der Waals surface area contributed by atoms with E-state index in [1.807, 2.05) is 6.07 Å². The minimum atomic E-state index is -0.368. The Kier molecular flexibility index (Phi) is 6.05. The molecule has 0 spiro atoms. The molecule has 0 bridgehead atoms. The van der Waals surface area contributed by atoms with Crippen LogP contribution < -0.4 is 11.1 Å². The molecule has 0 fully saturated rings. The van der Waals surface area contributed by atoms with E-state index in [2.05, 4.69) is 12.2 Å². The highest BCUT2D eigenvalue weighted by molar-refractivity contribution is 5.96. The first-order valence-corrected chi connectivity index (χ1v) is 6.49. The minimum absolute atomic E-state index is 0.354. The SMILES string of the molecule is CCCCCNc1ccc(N)c(C(=O)OCC)c1. The van der Waals surface area contributed by atoms with E-state index in [4.69, 9.17) is 10.5 Å². The molecule has 4 heteroatoms. The molecule has 3 N–H and O–H groups in total. The quantitative estimate of drug-likeness (QED) is 0.443. The van der Waals surface area contributed by atoms with Crippen molar-refractivity contribution >= 4 is 17.3 Å². The summed E-state index contributed by atoms with van der Waals surface area (Å²) in [7, 11) is 0. The first-order valence-electron chi connectivity index (χ1n) is 6.49. The highest BCUT2D eigenvalue weighted by atomic mass is 16.5. The highest BCUT2D eigenvalue weighted by Gasteiger charge is 2.11. The third-order valence-corrected chi connectivity index (χ3v) is 2.66. The number of hydrogen-bond acceptors (Lipinski definition) is 4. The molecule has 0 radical (unpaired) electrons. The number of carbonyl (C=O) groups excluding carboxylic acids is 1. The predicted molar refractivity (Wildman–Crippen MR) is 74.8 cm³/mol. The van der Waals surface area contributed by atoms with Gasteiger partial charge < -0.3 is 15.8 Å². The second-order valence-electron chi connectivity index (χ2n) is 4.16. The van der Waals surface area contributed by atoms with Gasteiger partial charge in [-0.25, -0.2) is 4.79 Å². The maximum atomic E-state index is 11.7. The number of carbonyl (C=O) groups is 1. The Morgan fingerprint density at radius 1 is 1.33 bits per heavy atom. The van der Waals surface area contributed by atoms with E-state index < -0.39 is 0 Å². The normalized spacial score (nSPS) is 10.1. The van der Waals surface area contributed by atoms with Crippen molar-refractivity contribution in [3.8, 4) is 0 Å². The first kappa shape index (κ1) is 14.4. The lowest BCUT2D eigenvalue weighted by atomic mass is 10.1. The lowest BCUT2D eigenvalue weighted by molar-refractivity contribution is 0.0527. The molecule has 0 aliphatic rings. The third kappa shape index (κ3) is 4.28. The summed E-state index contributed by atoms with van der Waals surface area (Å²) in [6.45, 7) is 5.20. The summed E-state index contributed by atoms with van der Waals surface area (Å²) in [6, 6.07) is 5.36. The molecule has 0 amide bonds. The lowest BCUT2D eigenvalue weighted by Crippen LogP contribution is -2.09. The van der Waals surface area contributed by atoms with Gasteiger partial charge in [-0.3, -0.25) is 0 Å². The summed E-state index contributed by atoms with van der Waals surface area (Å²) in [4.78, 5) is 11.7. The van der Waals surface area contributed by atoms with Crippen molar-refractivity contribution in [3.63, 3.8) is 0 Å². The maximum absolute atomic E-state index is 11.7. The summed E-state index contributed by atoms with van der Waals surface area (Å²) >= 11 is 0. The van der Waals surface area contributed by atoms with Gasteiger partial charge in [0, 0.05) is 17.9 Å². The van der Waals surface area contributed by atoms with E-state index >= 15 is 0 Å². The van der Waals surface area contributed by atoms with Crippen LogP contribution in [0, 0.1) is 0 Å². The molecule has 1 aromatic rings. The molecule has 4 nitrogen and oxygen atoms in total. The van der Waals surface area contributed by atoms with Crippen LogP contribution in [0.3, 0.4) is 0 Å². The van der Waals surface area contributed by atoms with Crippen molar-refractivity contribution in [1.29, 1.82) is 0 Å². The van der Waals surface area contributed by atoms with E-state index in [-0.39, 0.29) is 5.97 Å². The molecule has 18 heavy (non-hydrogen) atoms. The average molecular weight is 250 g/mol. The van der Waals surface area contributed by atoms with Gasteiger partial charge in [0.15, 0.2) is 0 Å². The summed E-state index contributed by atoms with van der Waals surface area (Å²) in [5, 5.41) is 3.28. The largest absolute Gasteiger partial charge is 0.462 e. The van der Waals surface area contributed by atoms with Crippen molar-refractivity contribution in [1.82, 2.24) is 0 Å². The van der Waals surface area contributed by atoms with Crippen LogP contribution in [0.2, 0.25) is 0 Å². The predicted octanol–water partition coefficient (Wildman–Crippen LogP) is 3.05. The van der Waals surface area contributed by atoms with Crippen LogP contribution in [0.1, 0.15) is 43.5 Å². The number of unbranched alkanes of at least 4 members (excludes halogenated alkanes) is 2. The zero-order chi connectivity index (χ0) is 13.4. The Morgan fingerprint density at radius 2 is 2.11 bits per heavy atom. The standard InChI is InChI=1S/C14H22N2O2/c1-3-5-6-9-16-11-7-8-13(15)12(10-11)14(17)18-4-2/h7-8,10,16H,3-6,9,15H2,1-2H3. The van der Waals surface area contributed by atoms with Gasteiger partial charge in [-0.2, -0.15) is 0 Å². The number of nitrogens with two attached hydrogens (primary N) is 1. The van der Waals surface area contributed by atoms with Crippen LogP contribution in [0.15, 0.2) is 18.2 Å². The zero-order valence-corrected chi connectivity index (χ0v) is 11.2. The number of benzene rings is 1. The Morgan fingerprint density at radius 3 is 2.78 bits per heavy atom. The topological polar surface area (TPSA) is 64.3 Å². The molecular weight excluding hydrogens is 228 g/mol. The molecule has 0 saturated carbocycles. The van der Waals surface area contributed by atoms with Crippen LogP contribution in [-0.2, 0) is 4.74 Å². The second-order valence-corrected chi connectivity index (χ2v) is 4.16. The van der Waals surface area contributed by atoms with Gasteiger partial charge in [0.2, 0.25) is 0 Å². The van der Waals surface area contributed by atoms with Crippen LogP contribution in [0.5, 0.6) is 0 Å². The van der Waals surface area contributed by atoms with Crippen LogP contribution in [0.4, 0.5) is 11.4 Å². The van der Waals surface area contributed by atoms with Gasteiger partial charge in [0.1, 0.15) is 0 Å². The van der Waals surface area contributed by atoms with E-state index in [0.717, 1.165) is 18.7 Å². The number of anilines is 2. The van der Waals surface area contributed by atoms with Crippen LogP contribution >= 0.6 is 0 Å². The van der Waals surface area contributed by atoms with Crippen molar-refractivity contribution in [2.75, 3.05) is 24.2 Å². The zero-order valence-electron chi connectivity index (χ0n) is 11.2. The maximum Gasteiger partial charge on any atom is 0.340 e. The van der Waals surface area contributed by atoms with Gasteiger partial charge in [0.25, 0.3) is 0 Å². The highest BCUT2D eigenvalue weighted by Crippen LogP contribution is 2.19. The van der Waals surface area contributed by atoms with E-state index in [1.165, 1.54) is 12.8 Å².